The van der Waals surface area contributed by atoms with Crippen LogP contribution < -0.4 is 5.73 Å². The summed E-state index contributed by atoms with van der Waals surface area (Å²) in [6.45, 7) is 14.5. The quantitative estimate of drug-likeness (QED) is 0.591. The summed E-state index contributed by atoms with van der Waals surface area (Å²) >= 11 is 0. The Bertz CT molecular complexity index is 243. The highest BCUT2D eigenvalue weighted by Crippen LogP contribution is 2.45. The monoisotopic (exact) mass is 286 g/mol. The number of nitrogens with zero attached hydrogens (tertiary/aromatic N) is 1. The van der Waals surface area contributed by atoms with E-state index in [9.17, 15) is 0 Å². The van der Waals surface area contributed by atoms with E-state index >= 15 is 0 Å². The van der Waals surface area contributed by atoms with Gasteiger partial charge in [0.1, 0.15) is 0 Å². The topological polar surface area (TPSA) is 47.7 Å². The van der Waals surface area contributed by atoms with Crippen LogP contribution in [0.1, 0.15) is 40.5 Å². The van der Waals surface area contributed by atoms with Crippen molar-refractivity contribution in [3.8, 4) is 0 Å². The predicted octanol–water partition coefficient (Wildman–Crippen LogP) is 2.12. The highest BCUT2D eigenvalue weighted by Gasteiger charge is 2.47. The molecule has 4 nitrogen and oxygen atoms in total. The van der Waals surface area contributed by atoms with Crippen LogP contribution in [0.5, 0.6) is 0 Å². The van der Waals surface area contributed by atoms with Gasteiger partial charge in [-0.1, -0.05) is 13.8 Å². The van der Waals surface area contributed by atoms with Crippen molar-refractivity contribution in [3.63, 3.8) is 0 Å². The second-order valence-electron chi connectivity index (χ2n) is 6.22. The molecule has 2 N–H and O–H groups in total. The summed E-state index contributed by atoms with van der Waals surface area (Å²) in [5.74, 6) is 1.58. The molecule has 0 bridgehead atoms. The Kier molecular flexibility index (Phi) is 8.03. The van der Waals surface area contributed by atoms with E-state index in [1.807, 2.05) is 13.8 Å². The summed E-state index contributed by atoms with van der Waals surface area (Å²) in [4.78, 5) is 2.51. The van der Waals surface area contributed by atoms with Crippen molar-refractivity contribution in [3.05, 3.63) is 0 Å². The maximum Gasteiger partial charge on any atom is 0.0593 e. The van der Waals surface area contributed by atoms with E-state index in [1.54, 1.807) is 0 Å². The van der Waals surface area contributed by atoms with E-state index < -0.39 is 0 Å². The van der Waals surface area contributed by atoms with E-state index in [0.717, 1.165) is 57.9 Å². The summed E-state index contributed by atoms with van der Waals surface area (Å²) in [5.41, 5.74) is 6.30. The van der Waals surface area contributed by atoms with Gasteiger partial charge in [-0.15, -0.1) is 0 Å². The van der Waals surface area contributed by atoms with Crippen LogP contribution in [0.4, 0.5) is 0 Å². The third-order valence-corrected chi connectivity index (χ3v) is 4.70. The molecule has 0 aromatic heterocycles. The zero-order valence-corrected chi connectivity index (χ0v) is 13.9. The highest BCUT2D eigenvalue weighted by molar-refractivity contribution is 5.04. The number of nitrogens with two attached hydrogens (primary N) is 1. The van der Waals surface area contributed by atoms with Gasteiger partial charge < -0.3 is 15.2 Å². The molecule has 1 aliphatic rings. The van der Waals surface area contributed by atoms with Gasteiger partial charge in [0.15, 0.2) is 0 Å². The second kappa shape index (κ2) is 8.98. The zero-order chi connectivity index (χ0) is 15.0. The number of hydrogen-bond acceptors (Lipinski definition) is 4. The van der Waals surface area contributed by atoms with Crippen LogP contribution in [0.25, 0.3) is 0 Å². The average Bonchev–Trinajstić information content (AvgIpc) is 2.37. The summed E-state index contributed by atoms with van der Waals surface area (Å²) in [7, 11) is 0. The molecule has 20 heavy (non-hydrogen) atoms. The second-order valence-corrected chi connectivity index (χ2v) is 6.22. The van der Waals surface area contributed by atoms with E-state index in [-0.39, 0.29) is 5.54 Å². The summed E-state index contributed by atoms with van der Waals surface area (Å²) in [5, 5.41) is 0. The number of ether oxygens (including phenoxy) is 2. The molecular weight excluding hydrogens is 252 g/mol. The first-order chi connectivity index (χ1) is 9.59. The maximum atomic E-state index is 6.12. The highest BCUT2D eigenvalue weighted by atomic mass is 16.5. The van der Waals surface area contributed by atoms with E-state index in [0.29, 0.717) is 0 Å². The van der Waals surface area contributed by atoms with E-state index in [1.165, 1.54) is 12.8 Å². The minimum Gasteiger partial charge on any atom is -0.380 e. The fourth-order valence-electron chi connectivity index (χ4n) is 3.17. The van der Waals surface area contributed by atoms with Crippen molar-refractivity contribution in [1.29, 1.82) is 0 Å². The molecule has 0 unspecified atom stereocenters. The van der Waals surface area contributed by atoms with Gasteiger partial charge in [0.25, 0.3) is 0 Å². The molecule has 1 aliphatic carbocycles. The molecule has 1 rings (SSSR count). The zero-order valence-electron chi connectivity index (χ0n) is 13.9. The van der Waals surface area contributed by atoms with Crippen LogP contribution >= 0.6 is 0 Å². The van der Waals surface area contributed by atoms with Crippen LogP contribution in [0.2, 0.25) is 0 Å². The fourth-order valence-corrected chi connectivity index (χ4v) is 3.17. The average molecular weight is 286 g/mol. The predicted molar refractivity (Wildman–Crippen MR) is 83.9 cm³/mol. The van der Waals surface area contributed by atoms with Crippen molar-refractivity contribution < 1.29 is 9.47 Å². The van der Waals surface area contributed by atoms with Crippen molar-refractivity contribution in [2.45, 2.75) is 46.1 Å². The van der Waals surface area contributed by atoms with Gasteiger partial charge in [-0.2, -0.15) is 0 Å². The molecule has 120 valence electrons. The first-order valence-electron chi connectivity index (χ1n) is 8.20. The summed E-state index contributed by atoms with van der Waals surface area (Å²) in [6, 6.07) is 0. The van der Waals surface area contributed by atoms with Gasteiger partial charge in [0.05, 0.1) is 13.2 Å². The maximum absolute atomic E-state index is 6.12. The molecule has 4 heteroatoms. The lowest BCUT2D eigenvalue weighted by molar-refractivity contribution is -0.0574. The van der Waals surface area contributed by atoms with E-state index in [2.05, 4.69) is 18.7 Å². The normalized spacial score (nSPS) is 26.2. The Morgan fingerprint density at radius 2 is 1.60 bits per heavy atom. The Balaban J connectivity index is 2.54. The van der Waals surface area contributed by atoms with Gasteiger partial charge >= 0.3 is 0 Å². The van der Waals surface area contributed by atoms with Gasteiger partial charge in [-0.25, -0.2) is 0 Å². The Hall–Kier alpha value is -0.160. The number of rotatable bonds is 11. The molecule has 0 amide bonds. The standard InChI is InChI=1S/C16H34N2O2/c1-5-19-9-7-18(8-10-20-6-2)16(13-17)11-15(12-16)14(3)4/h14-15H,5-13,17H2,1-4H3. The fraction of sp³-hybridized carbons (Fsp3) is 1.00. The van der Waals surface area contributed by atoms with Gasteiger partial charge in [0, 0.05) is 38.4 Å². The first kappa shape index (κ1) is 17.9. The van der Waals surface area contributed by atoms with Crippen LogP contribution in [-0.4, -0.2) is 56.5 Å². The van der Waals surface area contributed by atoms with Crippen molar-refractivity contribution >= 4 is 0 Å². The molecular formula is C16H34N2O2. The lowest BCUT2D eigenvalue weighted by Crippen LogP contribution is -2.63. The Morgan fingerprint density at radius 3 is 1.95 bits per heavy atom. The minimum atomic E-state index is 0.184. The third-order valence-electron chi connectivity index (χ3n) is 4.70. The van der Waals surface area contributed by atoms with Crippen molar-refractivity contribution in [1.82, 2.24) is 4.90 Å². The van der Waals surface area contributed by atoms with Crippen LogP contribution in [0.15, 0.2) is 0 Å². The lowest BCUT2D eigenvalue weighted by Gasteiger charge is -2.55. The van der Waals surface area contributed by atoms with Gasteiger partial charge in [0.2, 0.25) is 0 Å². The van der Waals surface area contributed by atoms with E-state index in [4.69, 9.17) is 15.2 Å². The molecule has 0 atom stereocenters. The molecule has 1 saturated carbocycles. The molecule has 0 aliphatic heterocycles. The van der Waals surface area contributed by atoms with Gasteiger partial charge in [-0.05, 0) is 38.5 Å². The lowest BCUT2D eigenvalue weighted by atomic mass is 9.63. The summed E-state index contributed by atoms with van der Waals surface area (Å²) in [6.07, 6.45) is 2.44. The molecule has 0 aromatic rings. The molecule has 1 fully saturated rings. The molecule has 0 spiro atoms. The SMILES string of the molecule is CCOCCN(CCOCC)C1(CN)CC(C(C)C)C1. The minimum absolute atomic E-state index is 0.184. The molecule has 0 saturated heterocycles. The van der Waals surface area contributed by atoms with Crippen molar-refractivity contribution in [2.24, 2.45) is 17.6 Å². The number of hydrogen-bond donors (Lipinski definition) is 1. The van der Waals surface area contributed by atoms with Gasteiger partial charge in [-0.3, -0.25) is 4.90 Å². The van der Waals surface area contributed by atoms with Crippen LogP contribution in [0.3, 0.4) is 0 Å². The van der Waals surface area contributed by atoms with Crippen LogP contribution in [0, 0.1) is 11.8 Å². The first-order valence-corrected chi connectivity index (χ1v) is 8.20. The van der Waals surface area contributed by atoms with Crippen LogP contribution in [-0.2, 0) is 9.47 Å². The van der Waals surface area contributed by atoms with Crippen molar-refractivity contribution in [2.75, 3.05) is 46.1 Å². The molecule has 0 aromatic carbocycles. The summed E-state index contributed by atoms with van der Waals surface area (Å²) < 4.78 is 11.1. The molecule has 0 radical (unpaired) electrons. The molecule has 0 heterocycles. The third kappa shape index (κ3) is 4.69. The Morgan fingerprint density at radius 1 is 1.10 bits per heavy atom. The smallest absolute Gasteiger partial charge is 0.0593 e. The Labute approximate surface area is 125 Å². The largest absolute Gasteiger partial charge is 0.380 e.